The molecule has 202 valence electrons. The summed E-state index contributed by atoms with van der Waals surface area (Å²) >= 11 is 4.24. The summed E-state index contributed by atoms with van der Waals surface area (Å²) in [7, 11) is 7.01. The number of rotatable bonds is 0. The molecule has 0 bridgehead atoms. The smallest absolute Gasteiger partial charge is 0.315 e. The predicted molar refractivity (Wildman–Crippen MR) is 152 cm³/mol. The third-order valence-corrected chi connectivity index (χ3v) is 8.60. The van der Waals surface area contributed by atoms with E-state index in [4.69, 9.17) is 0 Å². The molecule has 34 heavy (non-hydrogen) atoms. The second-order valence-corrected chi connectivity index (χ2v) is 10.8. The van der Waals surface area contributed by atoms with Crippen molar-refractivity contribution < 1.29 is 116 Å². The molecule has 4 rings (SSSR count). The van der Waals surface area contributed by atoms with Crippen molar-refractivity contribution in [3.63, 3.8) is 0 Å². The van der Waals surface area contributed by atoms with Crippen LogP contribution in [-0.2, 0) is 0 Å². The van der Waals surface area contributed by atoms with E-state index in [0.29, 0.717) is 0 Å². The highest BCUT2D eigenvalue weighted by Gasteiger charge is 2.19. The van der Waals surface area contributed by atoms with E-state index in [1.165, 1.54) is 46.4 Å². The Morgan fingerprint density at radius 3 is 0.794 bits per heavy atom. The van der Waals surface area contributed by atoms with Crippen LogP contribution in [0.1, 0.15) is 25.7 Å². The summed E-state index contributed by atoms with van der Waals surface area (Å²) < 4.78 is 0. The van der Waals surface area contributed by atoms with Gasteiger partial charge < -0.3 is 95.9 Å². The van der Waals surface area contributed by atoms with E-state index in [-0.39, 0.29) is 95.9 Å². The van der Waals surface area contributed by atoms with E-state index in [1.807, 2.05) is 0 Å². The Balaban J connectivity index is -0.000000475. The van der Waals surface area contributed by atoms with Gasteiger partial charge in [0.05, 0.1) is 52.4 Å². The first-order chi connectivity index (χ1) is 14.9. The number of nitrogens with one attached hydrogen (secondary N) is 8. The molecule has 0 aromatic heterocycles. The fourth-order valence-corrected chi connectivity index (χ4v) is 6.66. The Morgan fingerprint density at radius 2 is 0.647 bits per heavy atom. The minimum atomic E-state index is 0. The molecule has 0 saturated heterocycles. The van der Waals surface area contributed by atoms with Gasteiger partial charge in [0.15, 0.2) is 0 Å². The van der Waals surface area contributed by atoms with Crippen molar-refractivity contribution >= 4 is 101 Å². The van der Waals surface area contributed by atoms with Crippen molar-refractivity contribution in [3.8, 4) is 0 Å². The molecule has 8 nitrogen and oxygen atoms in total. The van der Waals surface area contributed by atoms with Crippen LogP contribution in [0.25, 0.3) is 0 Å². The molecule has 0 atom stereocenters. The van der Waals surface area contributed by atoms with Gasteiger partial charge in [0.25, 0.3) is 0 Å². The van der Waals surface area contributed by atoms with Crippen LogP contribution in [0.2, 0.25) is 0 Å². The Kier molecular flexibility index (Phi) is 36.7. The third-order valence-electron chi connectivity index (χ3n) is 4.12. The molecule has 0 saturated carbocycles. The van der Waals surface area contributed by atoms with Crippen LogP contribution in [-0.4, -0.2) is 73.0 Å². The van der Waals surface area contributed by atoms with Crippen molar-refractivity contribution in [3.05, 3.63) is 0 Å². The minimum absolute atomic E-state index is 0. The molecule has 0 unspecified atom stereocenters. The van der Waals surface area contributed by atoms with Crippen molar-refractivity contribution in [1.29, 1.82) is 0 Å². The number of hydrogen-bond acceptors (Lipinski definition) is 8. The Bertz CT molecular complexity index is 526. The van der Waals surface area contributed by atoms with Crippen LogP contribution in [0, 0.1) is 0 Å². The molecular weight excluding hydrogens is 1190 g/mol. The minimum Gasteiger partial charge on any atom is -1.00 e. The van der Waals surface area contributed by atoms with Gasteiger partial charge in [-0.05, 0) is 0 Å². The van der Waals surface area contributed by atoms with Gasteiger partial charge in [0, 0.05) is 106 Å². The van der Waals surface area contributed by atoms with E-state index in [1.54, 1.807) is 43.2 Å². The number of hydrogen-bond donors (Lipinski definition) is 8. The first-order valence-corrected chi connectivity index (χ1v) is 20.7. The molecule has 0 radical (unpaired) electrons. The van der Waals surface area contributed by atoms with Crippen molar-refractivity contribution in [2.75, 3.05) is 52.4 Å². The highest BCUT2D eigenvalue weighted by Crippen LogP contribution is 2.20. The van der Waals surface area contributed by atoms with Gasteiger partial charge in [-0.25, -0.2) is 0 Å². The van der Waals surface area contributed by atoms with Crippen LogP contribution < -0.4 is 137 Å². The quantitative estimate of drug-likeness (QED) is 0.0897. The van der Waals surface area contributed by atoms with Gasteiger partial charge in [-0.2, -0.15) is 0 Å². The van der Waals surface area contributed by atoms with Crippen molar-refractivity contribution in [2.45, 2.75) is 25.7 Å². The standard InChI is InChI=1S/2C8H14N4S2.I2.4HI/c2*1-3-9-7(10-4-1)13-14-8-11-5-2-6-12-8;1-2;;;;/h2*1-6H2,(H,9,10)(H,11,12);;4*1H. The number of halogens is 6. The first-order valence-electron chi connectivity index (χ1n) is 10.1. The molecule has 0 aliphatic carbocycles. The molecule has 0 spiro atoms. The second-order valence-electron chi connectivity index (χ2n) is 6.48. The summed E-state index contributed by atoms with van der Waals surface area (Å²) in [6.07, 6.45) is 4.84. The lowest BCUT2D eigenvalue weighted by atomic mass is 10.4. The normalized spacial score (nSPS) is 18.1. The molecule has 18 heteroatoms. The van der Waals surface area contributed by atoms with Crippen molar-refractivity contribution in [1.82, 2.24) is 21.3 Å². The van der Waals surface area contributed by atoms with Gasteiger partial charge in [-0.3, -0.25) is 41.2 Å². The molecule has 0 fully saturated rings. The van der Waals surface area contributed by atoms with Gasteiger partial charge in [0.2, 0.25) is 0 Å². The zero-order valence-electron chi connectivity index (χ0n) is 18.4. The van der Waals surface area contributed by atoms with E-state index in [2.05, 4.69) is 78.5 Å². The summed E-state index contributed by atoms with van der Waals surface area (Å²) in [6, 6.07) is 0. The molecule has 4 heterocycles. The van der Waals surface area contributed by atoms with E-state index < -0.39 is 0 Å². The third kappa shape index (κ3) is 20.5. The predicted octanol–water partition coefficient (Wildman–Crippen LogP) is -15.8. The molecular formula is C16H32I6N8S4. The Labute approximate surface area is 310 Å². The molecule has 0 aromatic carbocycles. The monoisotopic (exact) mass is 1230 g/mol. The van der Waals surface area contributed by atoms with Crippen LogP contribution in [0.15, 0.2) is 0 Å². The Morgan fingerprint density at radius 1 is 0.441 bits per heavy atom. The highest BCUT2D eigenvalue weighted by atomic mass is 128. The summed E-state index contributed by atoms with van der Waals surface area (Å²) in [5.74, 6) is 0. The number of amidine groups is 4. The maximum Gasteiger partial charge on any atom is 0.315 e. The van der Waals surface area contributed by atoms with E-state index in [0.717, 1.165) is 52.4 Å². The van der Waals surface area contributed by atoms with Crippen LogP contribution in [0.3, 0.4) is 0 Å². The maximum absolute atomic E-state index is 3.34. The average Bonchev–Trinajstić information content (AvgIpc) is 2.86. The molecule has 4 aliphatic rings. The highest BCUT2D eigenvalue weighted by molar-refractivity contribution is 15.0. The van der Waals surface area contributed by atoms with Crippen molar-refractivity contribution in [2.24, 2.45) is 0 Å². The topological polar surface area (TPSA) is 104 Å². The molecule has 0 amide bonds. The lowest BCUT2D eigenvalue weighted by Crippen LogP contribution is -3.00. The van der Waals surface area contributed by atoms with Gasteiger partial charge >= 0.3 is 20.7 Å². The average molecular weight is 1230 g/mol. The molecule has 4 aliphatic heterocycles. The fraction of sp³-hybridized carbons (Fsp3) is 0.750. The van der Waals surface area contributed by atoms with Gasteiger partial charge in [0.1, 0.15) is 0 Å². The summed E-state index contributed by atoms with van der Waals surface area (Å²) in [5, 5.41) is 18.1. The van der Waals surface area contributed by atoms with E-state index in [9.17, 15) is 0 Å². The summed E-state index contributed by atoms with van der Waals surface area (Å²) in [6.45, 7) is 8.71. The summed E-state index contributed by atoms with van der Waals surface area (Å²) in [5.41, 5.74) is 0. The van der Waals surface area contributed by atoms with Gasteiger partial charge in [-0.15, -0.1) is 0 Å². The zero-order valence-corrected chi connectivity index (χ0v) is 34.6. The van der Waals surface area contributed by atoms with Gasteiger partial charge in [-0.1, -0.05) is 0 Å². The first kappa shape index (κ1) is 42.1. The molecule has 0 aromatic rings. The zero-order chi connectivity index (χ0) is 21.3. The molecule has 8 N–H and O–H groups in total. The van der Waals surface area contributed by atoms with Crippen LogP contribution >= 0.6 is 80.4 Å². The summed E-state index contributed by atoms with van der Waals surface area (Å²) in [4.78, 5) is 13.3. The van der Waals surface area contributed by atoms with Crippen LogP contribution in [0.4, 0.5) is 0 Å². The largest absolute Gasteiger partial charge is 1.00 e. The van der Waals surface area contributed by atoms with Crippen LogP contribution in [0.5, 0.6) is 0 Å². The lowest BCUT2D eigenvalue weighted by molar-refractivity contribution is -0.461. The fourth-order valence-electron chi connectivity index (χ4n) is 2.62. The SMILES string of the molecule is C1CNC(SSC2=[NH+]CCCN2)=[NH+]C1.C1CNC(SSC2=[NH+]CCCN2)=[NH+]C1.II.[I-].[I-].[I-].[I-]. The second kappa shape index (κ2) is 29.6. The lowest BCUT2D eigenvalue weighted by Gasteiger charge is -2.08. The Hall–Kier alpha value is 3.66. The maximum atomic E-state index is 3.34. The van der Waals surface area contributed by atoms with E-state index >= 15 is 0 Å².